The summed E-state index contributed by atoms with van der Waals surface area (Å²) in [5.74, 6) is 0.381. The first-order valence-corrected chi connectivity index (χ1v) is 7.31. The minimum Gasteiger partial charge on any atom is -0.339 e. The van der Waals surface area contributed by atoms with Crippen molar-refractivity contribution < 1.29 is 4.79 Å². The molecule has 2 rings (SSSR count). The maximum absolute atomic E-state index is 12.7. The molecule has 0 bridgehead atoms. The lowest BCUT2D eigenvalue weighted by Gasteiger charge is -2.44. The molecule has 0 aromatic carbocycles. The Balaban J connectivity index is 1.97. The van der Waals surface area contributed by atoms with Gasteiger partial charge in [0.1, 0.15) is 0 Å². The van der Waals surface area contributed by atoms with Crippen LogP contribution >= 0.6 is 0 Å². The third kappa shape index (κ3) is 2.69. The summed E-state index contributed by atoms with van der Waals surface area (Å²) in [7, 11) is 0. The molecule has 2 aliphatic heterocycles. The van der Waals surface area contributed by atoms with Crippen molar-refractivity contribution in [3.05, 3.63) is 0 Å². The number of amides is 1. The van der Waals surface area contributed by atoms with Crippen LogP contribution in [-0.2, 0) is 4.79 Å². The monoisotopic (exact) mass is 253 g/mol. The van der Waals surface area contributed by atoms with E-state index < -0.39 is 0 Å². The van der Waals surface area contributed by atoms with Crippen LogP contribution in [-0.4, -0.2) is 61.0 Å². The maximum atomic E-state index is 12.7. The quantitative estimate of drug-likeness (QED) is 0.795. The Morgan fingerprint density at radius 2 is 2.00 bits per heavy atom. The van der Waals surface area contributed by atoms with Crippen molar-refractivity contribution >= 4 is 5.91 Å². The Morgan fingerprint density at radius 1 is 1.33 bits per heavy atom. The van der Waals surface area contributed by atoms with Crippen molar-refractivity contribution in [3.63, 3.8) is 0 Å². The largest absolute Gasteiger partial charge is 0.339 e. The fourth-order valence-electron chi connectivity index (χ4n) is 3.22. The second-order valence-corrected chi connectivity index (χ2v) is 6.04. The van der Waals surface area contributed by atoms with Gasteiger partial charge < -0.3 is 10.2 Å². The third-order valence-electron chi connectivity index (χ3n) is 4.68. The van der Waals surface area contributed by atoms with E-state index >= 15 is 0 Å². The van der Waals surface area contributed by atoms with Crippen molar-refractivity contribution in [2.24, 2.45) is 5.41 Å². The van der Waals surface area contributed by atoms with Gasteiger partial charge in [0.15, 0.2) is 0 Å². The Bertz CT molecular complexity index is 299. The van der Waals surface area contributed by atoms with Crippen LogP contribution in [0.3, 0.4) is 0 Å². The van der Waals surface area contributed by atoms with Crippen molar-refractivity contribution in [1.29, 1.82) is 0 Å². The van der Waals surface area contributed by atoms with Crippen molar-refractivity contribution in [1.82, 2.24) is 15.1 Å². The second kappa shape index (κ2) is 5.57. The van der Waals surface area contributed by atoms with Gasteiger partial charge >= 0.3 is 0 Å². The van der Waals surface area contributed by atoms with Gasteiger partial charge in [-0.2, -0.15) is 0 Å². The summed E-state index contributed by atoms with van der Waals surface area (Å²) in [6.07, 6.45) is 1.96. The molecule has 0 aromatic rings. The molecule has 104 valence electrons. The topological polar surface area (TPSA) is 35.6 Å². The lowest BCUT2D eigenvalue weighted by Crippen LogP contribution is -2.57. The van der Waals surface area contributed by atoms with E-state index in [0.29, 0.717) is 11.9 Å². The fourth-order valence-corrected chi connectivity index (χ4v) is 3.22. The number of carbonyl (C=O) groups excluding carboxylic acids is 1. The predicted molar refractivity (Wildman–Crippen MR) is 73.5 cm³/mol. The number of rotatable bonds is 2. The molecule has 1 amide bonds. The zero-order valence-electron chi connectivity index (χ0n) is 12.0. The maximum Gasteiger partial charge on any atom is 0.228 e. The molecule has 0 aromatic heterocycles. The van der Waals surface area contributed by atoms with Crippen LogP contribution in [0, 0.1) is 5.41 Å². The highest BCUT2D eigenvalue weighted by molar-refractivity contribution is 5.82. The van der Waals surface area contributed by atoms with Gasteiger partial charge in [0, 0.05) is 31.1 Å². The zero-order valence-corrected chi connectivity index (χ0v) is 12.0. The van der Waals surface area contributed by atoms with E-state index in [-0.39, 0.29) is 5.41 Å². The summed E-state index contributed by atoms with van der Waals surface area (Å²) in [5.41, 5.74) is -0.126. The van der Waals surface area contributed by atoms with Gasteiger partial charge in [-0.05, 0) is 39.4 Å². The van der Waals surface area contributed by atoms with Gasteiger partial charge in [-0.25, -0.2) is 0 Å². The standard InChI is InChI=1S/C14H27N3O/c1-4-16-9-10-17(11-12(16)2)13(18)14(3)5-7-15-8-6-14/h12,15H,4-11H2,1-3H3. The highest BCUT2D eigenvalue weighted by atomic mass is 16.2. The second-order valence-electron chi connectivity index (χ2n) is 6.04. The number of piperazine rings is 1. The SMILES string of the molecule is CCN1CCN(C(=O)C2(C)CCNCC2)CC1C. The van der Waals surface area contributed by atoms with Gasteiger partial charge in [-0.15, -0.1) is 0 Å². The van der Waals surface area contributed by atoms with Gasteiger partial charge in [0.25, 0.3) is 0 Å². The first-order valence-electron chi connectivity index (χ1n) is 7.31. The molecule has 2 fully saturated rings. The van der Waals surface area contributed by atoms with Crippen molar-refractivity contribution in [2.45, 2.75) is 39.7 Å². The first-order chi connectivity index (χ1) is 8.57. The van der Waals surface area contributed by atoms with E-state index in [1.165, 1.54) is 0 Å². The van der Waals surface area contributed by atoms with E-state index in [4.69, 9.17) is 0 Å². The van der Waals surface area contributed by atoms with Crippen LogP contribution < -0.4 is 5.32 Å². The molecular formula is C14H27N3O. The highest BCUT2D eigenvalue weighted by Crippen LogP contribution is 2.31. The molecule has 18 heavy (non-hydrogen) atoms. The molecule has 0 aliphatic carbocycles. The Kier molecular flexibility index (Phi) is 4.28. The summed E-state index contributed by atoms with van der Waals surface area (Å²) in [4.78, 5) is 17.2. The van der Waals surface area contributed by atoms with Gasteiger partial charge in [-0.3, -0.25) is 9.69 Å². The van der Waals surface area contributed by atoms with Crippen LogP contribution in [0.15, 0.2) is 0 Å². The predicted octanol–water partition coefficient (Wildman–Crippen LogP) is 0.929. The van der Waals surface area contributed by atoms with E-state index in [9.17, 15) is 4.79 Å². The molecule has 2 aliphatic rings. The lowest BCUT2D eigenvalue weighted by molar-refractivity contribution is -0.145. The van der Waals surface area contributed by atoms with Gasteiger partial charge in [0.05, 0.1) is 0 Å². The van der Waals surface area contributed by atoms with Crippen molar-refractivity contribution in [2.75, 3.05) is 39.3 Å². The lowest BCUT2D eigenvalue weighted by atomic mass is 9.79. The van der Waals surface area contributed by atoms with Crippen LogP contribution in [0.25, 0.3) is 0 Å². The normalized spacial score (nSPS) is 29.3. The van der Waals surface area contributed by atoms with E-state index in [1.807, 2.05) is 0 Å². The number of hydrogen-bond donors (Lipinski definition) is 1. The molecule has 0 radical (unpaired) electrons. The number of nitrogens with one attached hydrogen (secondary N) is 1. The molecule has 1 atom stereocenters. The molecule has 1 unspecified atom stereocenters. The van der Waals surface area contributed by atoms with Crippen LogP contribution in [0.5, 0.6) is 0 Å². The Morgan fingerprint density at radius 3 is 2.56 bits per heavy atom. The average molecular weight is 253 g/mol. The van der Waals surface area contributed by atoms with E-state index in [0.717, 1.165) is 52.1 Å². The number of piperidine rings is 1. The minimum atomic E-state index is -0.126. The van der Waals surface area contributed by atoms with Crippen LogP contribution in [0.1, 0.15) is 33.6 Å². The number of nitrogens with zero attached hydrogens (tertiary/aromatic N) is 2. The van der Waals surface area contributed by atoms with Crippen molar-refractivity contribution in [3.8, 4) is 0 Å². The first kappa shape index (κ1) is 13.8. The number of carbonyl (C=O) groups is 1. The van der Waals surface area contributed by atoms with E-state index in [2.05, 4.69) is 35.9 Å². The van der Waals surface area contributed by atoms with E-state index in [1.54, 1.807) is 0 Å². The Hall–Kier alpha value is -0.610. The number of likely N-dealkylation sites (N-methyl/N-ethyl adjacent to an activating group) is 1. The fraction of sp³-hybridized carbons (Fsp3) is 0.929. The summed E-state index contributed by atoms with van der Waals surface area (Å²) >= 11 is 0. The summed E-state index contributed by atoms with van der Waals surface area (Å²) < 4.78 is 0. The molecular weight excluding hydrogens is 226 g/mol. The molecule has 1 N–H and O–H groups in total. The molecule has 2 saturated heterocycles. The summed E-state index contributed by atoms with van der Waals surface area (Å²) in [6, 6.07) is 0.498. The Labute approximate surface area is 111 Å². The van der Waals surface area contributed by atoms with Crippen LogP contribution in [0.2, 0.25) is 0 Å². The summed E-state index contributed by atoms with van der Waals surface area (Å²) in [5, 5.41) is 3.34. The van der Waals surface area contributed by atoms with Gasteiger partial charge in [-0.1, -0.05) is 13.8 Å². The van der Waals surface area contributed by atoms with Crippen LogP contribution in [0.4, 0.5) is 0 Å². The van der Waals surface area contributed by atoms with Gasteiger partial charge in [0.2, 0.25) is 5.91 Å². The molecule has 0 spiro atoms. The summed E-state index contributed by atoms with van der Waals surface area (Å²) in [6.45, 7) is 12.4. The highest BCUT2D eigenvalue weighted by Gasteiger charge is 2.39. The number of hydrogen-bond acceptors (Lipinski definition) is 3. The zero-order chi connectivity index (χ0) is 13.2. The molecule has 0 saturated carbocycles. The minimum absolute atomic E-state index is 0.126. The average Bonchev–Trinajstić information content (AvgIpc) is 2.38. The molecule has 4 heteroatoms. The molecule has 2 heterocycles. The molecule has 4 nitrogen and oxygen atoms in total. The third-order valence-corrected chi connectivity index (χ3v) is 4.68. The smallest absolute Gasteiger partial charge is 0.228 e.